The molecule has 1 nitrogen and oxygen atoms in total. The average molecular weight is 357 g/mol. The lowest BCUT2D eigenvalue weighted by atomic mass is 9.79. The first-order valence-corrected chi connectivity index (χ1v) is 10.2. The van der Waals surface area contributed by atoms with Gasteiger partial charge in [0.05, 0.1) is 6.61 Å². The van der Waals surface area contributed by atoms with Crippen LogP contribution in [0, 0.1) is 0 Å². The molecule has 0 amide bonds. The standard InChI is InChI=1S/C26H28O/c1-3-19-5-7-20(8-6-19)22-9-11-25-18-23(10-12-24(25)17-22)21-13-15-26(16-14-21)27-4-2/h5-8,10,12-16,18,22H,3-4,9,11,17H2,1-2H3. The Labute approximate surface area is 163 Å². The molecular weight excluding hydrogens is 328 g/mol. The first kappa shape index (κ1) is 17.9. The fourth-order valence-electron chi connectivity index (χ4n) is 4.15. The van der Waals surface area contributed by atoms with E-state index >= 15 is 0 Å². The minimum Gasteiger partial charge on any atom is -0.494 e. The second-order valence-electron chi connectivity index (χ2n) is 7.48. The van der Waals surface area contributed by atoms with E-state index in [-0.39, 0.29) is 0 Å². The summed E-state index contributed by atoms with van der Waals surface area (Å²) < 4.78 is 5.56. The van der Waals surface area contributed by atoms with Gasteiger partial charge in [-0.3, -0.25) is 0 Å². The normalized spacial score (nSPS) is 16.0. The zero-order valence-electron chi connectivity index (χ0n) is 16.4. The second kappa shape index (κ2) is 8.00. The van der Waals surface area contributed by atoms with Crippen molar-refractivity contribution in [2.45, 2.75) is 45.4 Å². The maximum Gasteiger partial charge on any atom is 0.119 e. The smallest absolute Gasteiger partial charge is 0.119 e. The summed E-state index contributed by atoms with van der Waals surface area (Å²) in [6.07, 6.45) is 4.68. The van der Waals surface area contributed by atoms with Crippen molar-refractivity contribution in [3.63, 3.8) is 0 Å². The van der Waals surface area contributed by atoms with E-state index in [1.54, 1.807) is 0 Å². The Kier molecular flexibility index (Phi) is 5.29. The fourth-order valence-corrected chi connectivity index (χ4v) is 4.15. The highest BCUT2D eigenvalue weighted by Crippen LogP contribution is 2.35. The number of hydrogen-bond acceptors (Lipinski definition) is 1. The SMILES string of the molecule is CCOc1ccc(-c2ccc3c(c2)CCC(c2ccc(CC)cc2)C3)cc1. The van der Waals surface area contributed by atoms with E-state index in [0.29, 0.717) is 12.5 Å². The zero-order chi connectivity index (χ0) is 18.6. The van der Waals surface area contributed by atoms with Gasteiger partial charge in [0.2, 0.25) is 0 Å². The van der Waals surface area contributed by atoms with Crippen LogP contribution >= 0.6 is 0 Å². The van der Waals surface area contributed by atoms with E-state index in [4.69, 9.17) is 4.74 Å². The van der Waals surface area contributed by atoms with Crippen molar-refractivity contribution in [1.29, 1.82) is 0 Å². The Morgan fingerprint density at radius 2 is 1.56 bits per heavy atom. The van der Waals surface area contributed by atoms with Gasteiger partial charge >= 0.3 is 0 Å². The minimum absolute atomic E-state index is 0.653. The summed E-state index contributed by atoms with van der Waals surface area (Å²) in [6.45, 7) is 4.94. The van der Waals surface area contributed by atoms with E-state index in [2.05, 4.69) is 73.7 Å². The number of benzene rings is 3. The van der Waals surface area contributed by atoms with Crippen molar-refractivity contribution in [2.24, 2.45) is 0 Å². The third kappa shape index (κ3) is 3.93. The van der Waals surface area contributed by atoms with Crippen LogP contribution in [0.3, 0.4) is 0 Å². The molecule has 1 atom stereocenters. The van der Waals surface area contributed by atoms with Gasteiger partial charge in [0, 0.05) is 0 Å². The number of aryl methyl sites for hydroxylation is 2. The highest BCUT2D eigenvalue weighted by Gasteiger charge is 2.20. The highest BCUT2D eigenvalue weighted by molar-refractivity contribution is 5.66. The molecule has 27 heavy (non-hydrogen) atoms. The molecule has 1 aliphatic carbocycles. The first-order valence-electron chi connectivity index (χ1n) is 10.2. The molecule has 0 radical (unpaired) electrons. The van der Waals surface area contributed by atoms with Crippen LogP contribution < -0.4 is 4.74 Å². The molecule has 0 aliphatic heterocycles. The molecule has 0 saturated carbocycles. The molecule has 0 spiro atoms. The third-order valence-corrected chi connectivity index (χ3v) is 5.79. The molecule has 1 heteroatoms. The van der Waals surface area contributed by atoms with Crippen molar-refractivity contribution in [3.05, 3.63) is 89.0 Å². The number of hydrogen-bond donors (Lipinski definition) is 0. The second-order valence-corrected chi connectivity index (χ2v) is 7.48. The van der Waals surface area contributed by atoms with Gasteiger partial charge < -0.3 is 4.74 Å². The van der Waals surface area contributed by atoms with Crippen LogP contribution in [-0.4, -0.2) is 6.61 Å². The van der Waals surface area contributed by atoms with Crippen molar-refractivity contribution in [2.75, 3.05) is 6.61 Å². The largest absolute Gasteiger partial charge is 0.494 e. The third-order valence-electron chi connectivity index (χ3n) is 5.79. The predicted octanol–water partition coefficient (Wildman–Crippen LogP) is 6.59. The van der Waals surface area contributed by atoms with Crippen molar-refractivity contribution >= 4 is 0 Å². The molecule has 4 rings (SSSR count). The van der Waals surface area contributed by atoms with Crippen LogP contribution in [0.1, 0.15) is 48.4 Å². The van der Waals surface area contributed by atoms with Gasteiger partial charge in [-0.1, -0.05) is 61.5 Å². The Morgan fingerprint density at radius 1 is 0.815 bits per heavy atom. The van der Waals surface area contributed by atoms with E-state index in [0.717, 1.165) is 18.6 Å². The molecule has 3 aromatic carbocycles. The molecule has 0 fully saturated rings. The van der Waals surface area contributed by atoms with Gasteiger partial charge in [0.15, 0.2) is 0 Å². The van der Waals surface area contributed by atoms with Gasteiger partial charge in [-0.25, -0.2) is 0 Å². The van der Waals surface area contributed by atoms with Crippen LogP contribution in [0.15, 0.2) is 66.7 Å². The Bertz CT molecular complexity index is 890. The van der Waals surface area contributed by atoms with Crippen LogP contribution in [0.25, 0.3) is 11.1 Å². The summed E-state index contributed by atoms with van der Waals surface area (Å²) in [7, 11) is 0. The molecule has 0 saturated heterocycles. The average Bonchev–Trinajstić information content (AvgIpc) is 2.74. The van der Waals surface area contributed by atoms with E-state index < -0.39 is 0 Å². The maximum atomic E-state index is 5.56. The molecular formula is C26H28O. The van der Waals surface area contributed by atoms with Gasteiger partial charge in [-0.15, -0.1) is 0 Å². The predicted molar refractivity (Wildman–Crippen MR) is 114 cm³/mol. The van der Waals surface area contributed by atoms with Crippen molar-refractivity contribution in [1.82, 2.24) is 0 Å². The first-order chi connectivity index (χ1) is 13.3. The quantitative estimate of drug-likeness (QED) is 0.501. The summed E-state index contributed by atoms with van der Waals surface area (Å²) in [4.78, 5) is 0. The molecule has 0 heterocycles. The number of ether oxygens (including phenoxy) is 1. The monoisotopic (exact) mass is 356 g/mol. The van der Waals surface area contributed by atoms with Crippen LogP contribution in [0.4, 0.5) is 0 Å². The summed E-state index contributed by atoms with van der Waals surface area (Å²) in [5, 5.41) is 0. The topological polar surface area (TPSA) is 9.23 Å². The molecule has 138 valence electrons. The minimum atomic E-state index is 0.653. The summed E-state index contributed by atoms with van der Waals surface area (Å²) in [5.74, 6) is 1.59. The number of fused-ring (bicyclic) bond motifs is 1. The van der Waals surface area contributed by atoms with E-state index in [9.17, 15) is 0 Å². The van der Waals surface area contributed by atoms with Crippen LogP contribution in [0.5, 0.6) is 5.75 Å². The van der Waals surface area contributed by atoms with E-state index in [1.165, 1.54) is 46.2 Å². The Morgan fingerprint density at radius 3 is 2.26 bits per heavy atom. The molecule has 3 aromatic rings. The molecule has 1 aliphatic rings. The highest BCUT2D eigenvalue weighted by atomic mass is 16.5. The lowest BCUT2D eigenvalue weighted by Gasteiger charge is -2.26. The molecule has 0 bridgehead atoms. The summed E-state index contributed by atoms with van der Waals surface area (Å²) in [6, 6.07) is 24.7. The van der Waals surface area contributed by atoms with Crippen LogP contribution in [0.2, 0.25) is 0 Å². The van der Waals surface area contributed by atoms with E-state index in [1.807, 2.05) is 6.92 Å². The zero-order valence-corrected chi connectivity index (χ0v) is 16.4. The summed E-state index contributed by atoms with van der Waals surface area (Å²) in [5.41, 5.74) is 8.52. The van der Waals surface area contributed by atoms with Crippen molar-refractivity contribution < 1.29 is 4.74 Å². The van der Waals surface area contributed by atoms with Gasteiger partial charge in [0.1, 0.15) is 5.75 Å². The fraction of sp³-hybridized carbons (Fsp3) is 0.308. The Hall–Kier alpha value is -2.54. The Balaban J connectivity index is 1.52. The molecule has 0 aromatic heterocycles. The van der Waals surface area contributed by atoms with Gasteiger partial charge in [0.25, 0.3) is 0 Å². The molecule has 1 unspecified atom stereocenters. The number of rotatable bonds is 5. The molecule has 0 N–H and O–H groups in total. The van der Waals surface area contributed by atoms with Crippen molar-refractivity contribution in [3.8, 4) is 16.9 Å². The lowest BCUT2D eigenvalue weighted by molar-refractivity contribution is 0.340. The summed E-state index contributed by atoms with van der Waals surface area (Å²) >= 11 is 0. The van der Waals surface area contributed by atoms with Crippen LogP contribution in [-0.2, 0) is 19.3 Å². The lowest BCUT2D eigenvalue weighted by Crippen LogP contribution is -2.12. The maximum absolute atomic E-state index is 5.56. The van der Waals surface area contributed by atoms with Gasteiger partial charge in [-0.2, -0.15) is 0 Å². The van der Waals surface area contributed by atoms with Gasteiger partial charge in [-0.05, 0) is 84.0 Å².